The Morgan fingerprint density at radius 3 is 2.20 bits per heavy atom. The number of ether oxygens (including phenoxy) is 3. The van der Waals surface area contributed by atoms with E-state index in [0.29, 0.717) is 35.6 Å². The summed E-state index contributed by atoms with van der Waals surface area (Å²) in [7, 11) is 0. The van der Waals surface area contributed by atoms with E-state index in [1.807, 2.05) is 91.9 Å². The molecule has 206 valence electrons. The summed E-state index contributed by atoms with van der Waals surface area (Å²) in [5.74, 6) is 0.504. The number of hydrogen-bond acceptors (Lipinski definition) is 6. The molecule has 3 aromatic carbocycles. The second-order valence-corrected chi connectivity index (χ2v) is 11.1. The molecule has 6 heteroatoms. The van der Waals surface area contributed by atoms with Crippen molar-refractivity contribution in [2.75, 3.05) is 13.2 Å². The second-order valence-electron chi connectivity index (χ2n) is 11.1. The topological polar surface area (TPSA) is 73.9 Å². The number of allylic oxidation sites excluding steroid dienone is 3. The summed E-state index contributed by atoms with van der Waals surface area (Å²) in [5.41, 5.74) is 4.45. The maximum atomic E-state index is 13.5. The van der Waals surface area contributed by atoms with E-state index in [9.17, 15) is 9.59 Å². The summed E-state index contributed by atoms with van der Waals surface area (Å²) >= 11 is 0. The van der Waals surface area contributed by atoms with Gasteiger partial charge in [-0.3, -0.25) is 4.79 Å². The largest absolute Gasteiger partial charge is 0.490 e. The van der Waals surface area contributed by atoms with Gasteiger partial charge in [0.05, 0.1) is 5.57 Å². The zero-order valence-electron chi connectivity index (χ0n) is 23.2. The number of hydrogen-bond donors (Lipinski definition) is 1. The minimum Gasteiger partial charge on any atom is -0.490 e. The van der Waals surface area contributed by atoms with Crippen molar-refractivity contribution in [2.45, 2.75) is 46.1 Å². The minimum absolute atomic E-state index is 0.0540. The van der Waals surface area contributed by atoms with E-state index >= 15 is 0 Å². The first-order valence-electron chi connectivity index (χ1n) is 13.7. The zero-order chi connectivity index (χ0) is 28.1. The molecule has 0 amide bonds. The average Bonchev–Trinajstić information content (AvgIpc) is 2.94. The second kappa shape index (κ2) is 11.8. The van der Waals surface area contributed by atoms with Crippen LogP contribution in [0.5, 0.6) is 11.5 Å². The molecule has 5 rings (SSSR count). The van der Waals surface area contributed by atoms with Crippen LogP contribution in [0.15, 0.2) is 107 Å². The molecule has 0 bridgehead atoms. The number of benzene rings is 3. The molecule has 0 fully saturated rings. The molecule has 0 aromatic heterocycles. The summed E-state index contributed by atoms with van der Waals surface area (Å²) < 4.78 is 17.3. The maximum Gasteiger partial charge on any atom is 0.336 e. The molecule has 0 radical (unpaired) electrons. The van der Waals surface area contributed by atoms with Gasteiger partial charge in [0.15, 0.2) is 5.78 Å². The minimum atomic E-state index is -0.523. The van der Waals surface area contributed by atoms with Gasteiger partial charge in [0.2, 0.25) is 0 Å². The fraction of sp³-hybridized carbons (Fsp3) is 0.294. The molecule has 1 aliphatic heterocycles. The van der Waals surface area contributed by atoms with Crippen LogP contribution in [0.3, 0.4) is 0 Å². The first kappa shape index (κ1) is 27.3. The molecule has 40 heavy (non-hydrogen) atoms. The summed E-state index contributed by atoms with van der Waals surface area (Å²) in [6.07, 6.45) is 1.15. The number of para-hydroxylation sites is 1. The summed E-state index contributed by atoms with van der Waals surface area (Å²) in [6, 6.07) is 27.0. The first-order valence-corrected chi connectivity index (χ1v) is 13.7. The fourth-order valence-electron chi connectivity index (χ4n) is 5.43. The standard InChI is InChI=1S/C34H35NO5/c1-23-30(33(37)39-19-18-38-26-12-8-5-9-13-26)31(32-28(35-23)20-34(2,3)21-29(32)36)25-14-16-27(17-15-25)40-22-24-10-6-4-7-11-24/h4-17,31,35H,18-22H2,1-3H3/t31-/m1/s1. The van der Waals surface area contributed by atoms with Crippen LogP contribution in [0, 0.1) is 5.41 Å². The van der Waals surface area contributed by atoms with Crippen LogP contribution >= 0.6 is 0 Å². The van der Waals surface area contributed by atoms with Gasteiger partial charge in [-0.15, -0.1) is 0 Å². The molecule has 2 aliphatic rings. The molecule has 3 aromatic rings. The zero-order valence-corrected chi connectivity index (χ0v) is 23.2. The van der Waals surface area contributed by atoms with E-state index in [1.54, 1.807) is 0 Å². The summed E-state index contributed by atoms with van der Waals surface area (Å²) in [6.45, 7) is 6.85. The highest BCUT2D eigenvalue weighted by Crippen LogP contribution is 2.47. The Kier molecular flexibility index (Phi) is 8.06. The Labute approximate surface area is 235 Å². The van der Waals surface area contributed by atoms with Crippen LogP contribution in [0.1, 0.15) is 50.7 Å². The Morgan fingerprint density at radius 1 is 0.850 bits per heavy atom. The molecule has 0 saturated heterocycles. The highest BCUT2D eigenvalue weighted by Gasteiger charge is 2.43. The van der Waals surface area contributed by atoms with Gasteiger partial charge in [0.1, 0.15) is 31.3 Å². The SMILES string of the molecule is CC1=C(C(=O)OCCOc2ccccc2)[C@@H](c2ccc(OCc3ccccc3)cc2)C2=C(CC(C)(C)CC2=O)N1. The van der Waals surface area contributed by atoms with Gasteiger partial charge in [-0.1, -0.05) is 74.5 Å². The van der Waals surface area contributed by atoms with E-state index in [0.717, 1.165) is 29.0 Å². The lowest BCUT2D eigenvalue weighted by atomic mass is 9.68. The Bertz CT molecular complexity index is 1420. The van der Waals surface area contributed by atoms with Crippen molar-refractivity contribution in [3.63, 3.8) is 0 Å². The Hall–Kier alpha value is -4.32. The number of ketones is 1. The summed E-state index contributed by atoms with van der Waals surface area (Å²) in [5, 5.41) is 3.38. The lowest BCUT2D eigenvalue weighted by Crippen LogP contribution is -2.38. The number of carbonyl (C=O) groups excluding carboxylic acids is 2. The van der Waals surface area contributed by atoms with Crippen molar-refractivity contribution < 1.29 is 23.8 Å². The van der Waals surface area contributed by atoms with E-state index in [1.165, 1.54) is 0 Å². The number of dihydropyridines is 1. The highest BCUT2D eigenvalue weighted by atomic mass is 16.6. The van der Waals surface area contributed by atoms with E-state index in [2.05, 4.69) is 19.2 Å². The van der Waals surface area contributed by atoms with Crippen LogP contribution in [-0.2, 0) is 20.9 Å². The van der Waals surface area contributed by atoms with Crippen LogP contribution < -0.4 is 14.8 Å². The Balaban J connectivity index is 1.37. The quantitative estimate of drug-likeness (QED) is 0.248. The molecule has 1 heterocycles. The molecule has 1 N–H and O–H groups in total. The third kappa shape index (κ3) is 6.28. The molecular formula is C34H35NO5. The van der Waals surface area contributed by atoms with Gasteiger partial charge < -0.3 is 19.5 Å². The molecule has 0 unspecified atom stereocenters. The molecule has 1 aliphatic carbocycles. The van der Waals surface area contributed by atoms with E-state index in [-0.39, 0.29) is 24.4 Å². The van der Waals surface area contributed by atoms with Crippen LogP contribution in [0.25, 0.3) is 0 Å². The smallest absolute Gasteiger partial charge is 0.336 e. The van der Waals surface area contributed by atoms with Gasteiger partial charge in [-0.25, -0.2) is 4.79 Å². The maximum absolute atomic E-state index is 13.5. The van der Waals surface area contributed by atoms with Crippen LogP contribution in [-0.4, -0.2) is 25.0 Å². The van der Waals surface area contributed by atoms with Gasteiger partial charge in [0, 0.05) is 29.3 Å². The predicted molar refractivity (Wildman–Crippen MR) is 154 cm³/mol. The first-order chi connectivity index (χ1) is 19.3. The predicted octanol–water partition coefficient (Wildman–Crippen LogP) is 6.49. The van der Waals surface area contributed by atoms with Gasteiger partial charge in [-0.05, 0) is 54.2 Å². The number of carbonyl (C=O) groups is 2. The van der Waals surface area contributed by atoms with Gasteiger partial charge in [-0.2, -0.15) is 0 Å². The molecule has 0 saturated carbocycles. The number of Topliss-reactive ketones (excluding diaryl/α,β-unsaturated/α-hetero) is 1. The number of rotatable bonds is 9. The normalized spacial score (nSPS) is 18.1. The van der Waals surface area contributed by atoms with Crippen LogP contribution in [0.4, 0.5) is 0 Å². The lowest BCUT2D eigenvalue weighted by molar-refractivity contribution is -0.140. The van der Waals surface area contributed by atoms with Crippen molar-refractivity contribution in [1.29, 1.82) is 0 Å². The van der Waals surface area contributed by atoms with Crippen molar-refractivity contribution in [1.82, 2.24) is 5.32 Å². The molecule has 0 spiro atoms. The van der Waals surface area contributed by atoms with Crippen molar-refractivity contribution in [2.24, 2.45) is 5.41 Å². The molecule has 6 nitrogen and oxygen atoms in total. The average molecular weight is 538 g/mol. The van der Waals surface area contributed by atoms with E-state index in [4.69, 9.17) is 14.2 Å². The number of esters is 1. The van der Waals surface area contributed by atoms with E-state index < -0.39 is 11.9 Å². The number of nitrogens with one attached hydrogen (secondary N) is 1. The van der Waals surface area contributed by atoms with Gasteiger partial charge >= 0.3 is 5.97 Å². The molecular weight excluding hydrogens is 502 g/mol. The Morgan fingerprint density at radius 2 is 1.50 bits per heavy atom. The third-order valence-corrected chi connectivity index (χ3v) is 7.25. The van der Waals surface area contributed by atoms with Crippen molar-refractivity contribution in [3.8, 4) is 11.5 Å². The summed E-state index contributed by atoms with van der Waals surface area (Å²) in [4.78, 5) is 27.0. The van der Waals surface area contributed by atoms with Crippen molar-refractivity contribution >= 4 is 11.8 Å². The fourth-order valence-corrected chi connectivity index (χ4v) is 5.43. The molecule has 1 atom stereocenters. The van der Waals surface area contributed by atoms with Crippen LogP contribution in [0.2, 0.25) is 0 Å². The third-order valence-electron chi connectivity index (χ3n) is 7.25. The lowest BCUT2D eigenvalue weighted by Gasteiger charge is -2.39. The highest BCUT2D eigenvalue weighted by molar-refractivity contribution is 6.04. The monoisotopic (exact) mass is 537 g/mol. The van der Waals surface area contributed by atoms with Crippen molar-refractivity contribution in [3.05, 3.63) is 119 Å². The van der Waals surface area contributed by atoms with Gasteiger partial charge in [0.25, 0.3) is 0 Å².